The van der Waals surface area contributed by atoms with Crippen molar-refractivity contribution in [3.63, 3.8) is 0 Å². The molecule has 0 aliphatic carbocycles. The van der Waals surface area contributed by atoms with Crippen LogP contribution in [-0.2, 0) is 29.1 Å². The topological polar surface area (TPSA) is 90.5 Å². The molecule has 2 N–H and O–H groups in total. The molecule has 8 heteroatoms. The second-order valence-electron chi connectivity index (χ2n) is 5.98. The van der Waals surface area contributed by atoms with Crippen molar-refractivity contribution in [3.05, 3.63) is 20.8 Å². The first-order valence-electron chi connectivity index (χ1n) is 6.64. The van der Waals surface area contributed by atoms with Gasteiger partial charge in [0.15, 0.2) is 0 Å². The number of hydrogen-bond acceptors (Lipinski definition) is 6. The number of hydrazine groups is 1. The molecule has 4 rings (SSSR count). The Hall–Kier alpha value is -1.77. The Kier molecular flexibility index (Phi) is 2.40. The van der Waals surface area contributed by atoms with Gasteiger partial charge in [0, 0.05) is 11.3 Å². The third-order valence-corrected chi connectivity index (χ3v) is 5.05. The summed E-state index contributed by atoms with van der Waals surface area (Å²) in [4.78, 5) is 30.4. The van der Waals surface area contributed by atoms with Crippen LogP contribution in [0.1, 0.15) is 24.3 Å². The Labute approximate surface area is 123 Å². The summed E-state index contributed by atoms with van der Waals surface area (Å²) in [5.41, 5.74) is 0.515. The Morgan fingerprint density at radius 3 is 2.90 bits per heavy atom. The van der Waals surface area contributed by atoms with Crippen molar-refractivity contribution in [3.8, 4) is 0 Å². The summed E-state index contributed by atoms with van der Waals surface area (Å²) >= 11 is 1.44. The predicted octanol–water partition coefficient (Wildman–Crippen LogP) is 0.530. The van der Waals surface area contributed by atoms with E-state index in [1.54, 1.807) is 0 Å². The predicted molar refractivity (Wildman–Crippen MR) is 78.1 cm³/mol. The number of nitrogens with zero attached hydrogens (tertiary/aromatic N) is 3. The molecule has 0 saturated heterocycles. The number of thiophene rings is 1. The summed E-state index contributed by atoms with van der Waals surface area (Å²) in [7, 11) is 0. The summed E-state index contributed by atoms with van der Waals surface area (Å²) in [6, 6.07) is 0. The molecule has 21 heavy (non-hydrogen) atoms. The zero-order valence-electron chi connectivity index (χ0n) is 11.7. The summed E-state index contributed by atoms with van der Waals surface area (Å²) in [5.74, 6) is 5.55. The van der Waals surface area contributed by atoms with E-state index in [1.165, 1.54) is 15.9 Å². The monoisotopic (exact) mass is 306 g/mol. The molecule has 2 aromatic heterocycles. The van der Waals surface area contributed by atoms with Crippen LogP contribution < -0.4 is 16.4 Å². The highest BCUT2D eigenvalue weighted by molar-refractivity contribution is 7.18. The molecule has 4 heterocycles. The third kappa shape index (κ3) is 1.69. The number of aromatic nitrogens is 2. The standard InChI is InChI=1S/C13H14N4O3S/c1-13(2)3-6-7(5-20-13)21-10-9(6)11(19)16-4-8(18)17(14)12(16)15-10/h3-5,14H2,1-2H3. The zero-order chi connectivity index (χ0) is 14.9. The highest BCUT2D eigenvalue weighted by Gasteiger charge is 2.34. The first-order chi connectivity index (χ1) is 9.87. The zero-order valence-corrected chi connectivity index (χ0v) is 12.5. The minimum absolute atomic E-state index is 0.0435. The van der Waals surface area contributed by atoms with Gasteiger partial charge in [-0.3, -0.25) is 14.2 Å². The maximum Gasteiger partial charge on any atom is 0.264 e. The van der Waals surface area contributed by atoms with Gasteiger partial charge in [-0.1, -0.05) is 0 Å². The third-order valence-electron chi connectivity index (χ3n) is 3.95. The molecule has 2 aliphatic heterocycles. The number of hydrogen-bond donors (Lipinski definition) is 1. The van der Waals surface area contributed by atoms with E-state index in [9.17, 15) is 9.59 Å². The molecule has 2 aromatic rings. The fourth-order valence-electron chi connectivity index (χ4n) is 2.86. The fourth-order valence-corrected chi connectivity index (χ4v) is 3.95. The van der Waals surface area contributed by atoms with Crippen LogP contribution in [0, 0.1) is 0 Å². The van der Waals surface area contributed by atoms with Gasteiger partial charge >= 0.3 is 0 Å². The van der Waals surface area contributed by atoms with Gasteiger partial charge in [-0.05, 0) is 19.4 Å². The van der Waals surface area contributed by atoms with Crippen LogP contribution in [0.5, 0.6) is 0 Å². The van der Waals surface area contributed by atoms with Gasteiger partial charge < -0.3 is 4.74 Å². The van der Waals surface area contributed by atoms with Gasteiger partial charge in [0.25, 0.3) is 11.5 Å². The second-order valence-corrected chi connectivity index (χ2v) is 7.06. The van der Waals surface area contributed by atoms with Crippen molar-refractivity contribution >= 4 is 33.4 Å². The molecule has 0 saturated carbocycles. The Balaban J connectivity index is 2.02. The summed E-state index contributed by atoms with van der Waals surface area (Å²) in [6.07, 6.45) is 0.666. The van der Waals surface area contributed by atoms with Crippen LogP contribution in [0.4, 0.5) is 5.95 Å². The van der Waals surface area contributed by atoms with Crippen molar-refractivity contribution in [1.82, 2.24) is 9.55 Å². The molecule has 1 amide bonds. The van der Waals surface area contributed by atoms with Crippen LogP contribution in [-0.4, -0.2) is 21.1 Å². The minimum atomic E-state index is -0.324. The highest BCUT2D eigenvalue weighted by Crippen LogP contribution is 2.37. The van der Waals surface area contributed by atoms with Crippen LogP contribution in [0.15, 0.2) is 4.79 Å². The lowest BCUT2D eigenvalue weighted by Gasteiger charge is -2.29. The average Bonchev–Trinajstić information content (AvgIpc) is 2.90. The average molecular weight is 306 g/mol. The molecular weight excluding hydrogens is 292 g/mol. The molecular formula is C13H14N4O3S. The van der Waals surface area contributed by atoms with Crippen LogP contribution >= 0.6 is 11.3 Å². The van der Waals surface area contributed by atoms with E-state index < -0.39 is 0 Å². The van der Waals surface area contributed by atoms with Gasteiger partial charge in [0.1, 0.15) is 11.4 Å². The lowest BCUT2D eigenvalue weighted by molar-refractivity contribution is -0.118. The van der Waals surface area contributed by atoms with E-state index in [1.807, 2.05) is 13.8 Å². The lowest BCUT2D eigenvalue weighted by Crippen LogP contribution is -2.34. The van der Waals surface area contributed by atoms with E-state index in [2.05, 4.69) is 4.98 Å². The van der Waals surface area contributed by atoms with Crippen molar-refractivity contribution in [2.75, 3.05) is 5.01 Å². The Morgan fingerprint density at radius 1 is 1.38 bits per heavy atom. The molecule has 2 aliphatic rings. The second kappa shape index (κ2) is 3.90. The lowest BCUT2D eigenvalue weighted by atomic mass is 9.94. The van der Waals surface area contributed by atoms with Gasteiger partial charge in [-0.25, -0.2) is 15.8 Å². The quantitative estimate of drug-likeness (QED) is 0.566. The largest absolute Gasteiger partial charge is 0.370 e. The highest BCUT2D eigenvalue weighted by atomic mass is 32.1. The van der Waals surface area contributed by atoms with Gasteiger partial charge in [0.2, 0.25) is 5.95 Å². The molecule has 0 fully saturated rings. The van der Waals surface area contributed by atoms with E-state index in [0.717, 1.165) is 15.4 Å². The summed E-state index contributed by atoms with van der Waals surface area (Å²) in [6.45, 7) is 4.45. The van der Waals surface area contributed by atoms with Crippen molar-refractivity contribution in [2.24, 2.45) is 5.84 Å². The number of fused-ring (bicyclic) bond motifs is 4. The van der Waals surface area contributed by atoms with Crippen molar-refractivity contribution in [1.29, 1.82) is 0 Å². The maximum atomic E-state index is 12.7. The normalized spacial score (nSPS) is 20.0. The number of carbonyl (C=O) groups excluding carboxylic acids is 1. The Morgan fingerprint density at radius 2 is 2.14 bits per heavy atom. The van der Waals surface area contributed by atoms with E-state index in [0.29, 0.717) is 23.2 Å². The minimum Gasteiger partial charge on any atom is -0.370 e. The van der Waals surface area contributed by atoms with Gasteiger partial charge in [-0.2, -0.15) is 0 Å². The van der Waals surface area contributed by atoms with Crippen LogP contribution in [0.3, 0.4) is 0 Å². The number of rotatable bonds is 0. The molecule has 0 bridgehead atoms. The summed E-state index contributed by atoms with van der Waals surface area (Å²) in [5, 5.41) is 1.55. The molecule has 0 spiro atoms. The van der Waals surface area contributed by atoms with E-state index in [-0.39, 0.29) is 29.6 Å². The molecule has 110 valence electrons. The molecule has 0 unspecified atom stereocenters. The number of amides is 1. The summed E-state index contributed by atoms with van der Waals surface area (Å²) < 4.78 is 7.13. The fraction of sp³-hybridized carbons (Fsp3) is 0.462. The molecule has 7 nitrogen and oxygen atoms in total. The van der Waals surface area contributed by atoms with Crippen molar-refractivity contribution in [2.45, 2.75) is 39.0 Å². The molecule has 0 aromatic carbocycles. The first kappa shape index (κ1) is 12.9. The van der Waals surface area contributed by atoms with Gasteiger partial charge in [0.05, 0.1) is 17.6 Å². The first-order valence-corrected chi connectivity index (χ1v) is 7.46. The van der Waals surface area contributed by atoms with Crippen LogP contribution in [0.25, 0.3) is 10.2 Å². The number of ether oxygens (including phenoxy) is 1. The molecule has 0 atom stereocenters. The number of nitrogens with two attached hydrogens (primary N) is 1. The molecule has 0 radical (unpaired) electrons. The van der Waals surface area contributed by atoms with E-state index >= 15 is 0 Å². The van der Waals surface area contributed by atoms with Gasteiger partial charge in [-0.15, -0.1) is 11.3 Å². The SMILES string of the molecule is CC1(C)Cc2c(sc3nc4n(c(=O)c23)CC(=O)N4N)CO1. The smallest absolute Gasteiger partial charge is 0.264 e. The van der Waals surface area contributed by atoms with Crippen molar-refractivity contribution < 1.29 is 9.53 Å². The number of anilines is 1. The van der Waals surface area contributed by atoms with E-state index in [4.69, 9.17) is 10.6 Å². The Bertz CT molecular complexity index is 851. The maximum absolute atomic E-state index is 12.7. The number of carbonyl (C=O) groups is 1. The van der Waals surface area contributed by atoms with Crippen LogP contribution in [0.2, 0.25) is 0 Å².